The number of aromatic nitrogens is 2. The van der Waals surface area contributed by atoms with E-state index in [1.54, 1.807) is 11.3 Å². The van der Waals surface area contributed by atoms with Gasteiger partial charge in [0.15, 0.2) is 0 Å². The topological polar surface area (TPSA) is 37.8 Å². The number of pyridine rings is 1. The van der Waals surface area contributed by atoms with Gasteiger partial charge in [-0.25, -0.2) is 4.98 Å². The minimum absolute atomic E-state index is 0.929. The van der Waals surface area contributed by atoms with E-state index in [9.17, 15) is 0 Å². The molecule has 3 nitrogen and oxygen atoms in total. The van der Waals surface area contributed by atoms with Crippen molar-refractivity contribution in [1.29, 1.82) is 0 Å². The molecule has 0 aliphatic carbocycles. The minimum Gasteiger partial charge on any atom is -0.312 e. The first kappa shape index (κ1) is 14.2. The van der Waals surface area contributed by atoms with Crippen LogP contribution in [-0.2, 0) is 13.0 Å². The fraction of sp³-hybridized carbons (Fsp3) is 0.467. The monoisotopic (exact) mass is 275 g/mol. The summed E-state index contributed by atoms with van der Waals surface area (Å²) in [7, 11) is 0. The van der Waals surface area contributed by atoms with Gasteiger partial charge in [-0.15, -0.1) is 11.3 Å². The average molecular weight is 275 g/mol. The highest BCUT2D eigenvalue weighted by atomic mass is 32.1. The molecule has 0 atom stereocenters. The zero-order valence-electron chi connectivity index (χ0n) is 11.9. The van der Waals surface area contributed by atoms with Crippen LogP contribution >= 0.6 is 11.3 Å². The van der Waals surface area contributed by atoms with E-state index in [1.807, 2.05) is 12.4 Å². The third-order valence-corrected chi connectivity index (χ3v) is 4.21. The summed E-state index contributed by atoms with van der Waals surface area (Å²) in [6, 6.07) is 2.05. The van der Waals surface area contributed by atoms with E-state index in [0.29, 0.717) is 0 Å². The van der Waals surface area contributed by atoms with E-state index < -0.39 is 0 Å². The van der Waals surface area contributed by atoms with E-state index in [0.717, 1.165) is 30.9 Å². The fourth-order valence-corrected chi connectivity index (χ4v) is 3.22. The maximum Gasteiger partial charge on any atom is 0.124 e. The molecule has 0 unspecified atom stereocenters. The zero-order chi connectivity index (χ0) is 13.7. The SMILES string of the molecule is CCCNCc1sc(-c2ccncc2C)nc1CC. The molecule has 4 heteroatoms. The van der Waals surface area contributed by atoms with Gasteiger partial charge in [-0.05, 0) is 37.9 Å². The van der Waals surface area contributed by atoms with Gasteiger partial charge < -0.3 is 5.32 Å². The molecule has 2 aromatic heterocycles. The summed E-state index contributed by atoms with van der Waals surface area (Å²) in [5.41, 5.74) is 3.61. The third kappa shape index (κ3) is 3.39. The summed E-state index contributed by atoms with van der Waals surface area (Å²) >= 11 is 1.80. The number of thiazole rings is 1. The van der Waals surface area contributed by atoms with Crippen molar-refractivity contribution in [3.05, 3.63) is 34.6 Å². The Morgan fingerprint density at radius 2 is 2.16 bits per heavy atom. The summed E-state index contributed by atoms with van der Waals surface area (Å²) < 4.78 is 0. The van der Waals surface area contributed by atoms with Crippen LogP contribution in [0.15, 0.2) is 18.5 Å². The maximum absolute atomic E-state index is 4.79. The molecule has 2 heterocycles. The minimum atomic E-state index is 0.929. The summed E-state index contributed by atoms with van der Waals surface area (Å²) in [5.74, 6) is 0. The van der Waals surface area contributed by atoms with E-state index in [2.05, 4.69) is 37.1 Å². The van der Waals surface area contributed by atoms with Gasteiger partial charge in [0.2, 0.25) is 0 Å². The van der Waals surface area contributed by atoms with E-state index >= 15 is 0 Å². The molecule has 0 aliphatic heterocycles. The quantitative estimate of drug-likeness (QED) is 0.819. The van der Waals surface area contributed by atoms with Crippen molar-refractivity contribution in [3.63, 3.8) is 0 Å². The Kier molecular flexibility index (Phi) is 5.05. The molecule has 2 aromatic rings. The summed E-state index contributed by atoms with van der Waals surface area (Å²) in [6.45, 7) is 8.43. The van der Waals surface area contributed by atoms with Crippen LogP contribution in [0.4, 0.5) is 0 Å². The second-order valence-corrected chi connectivity index (χ2v) is 5.69. The summed E-state index contributed by atoms with van der Waals surface area (Å²) in [5, 5.41) is 4.58. The van der Waals surface area contributed by atoms with Crippen molar-refractivity contribution in [3.8, 4) is 10.6 Å². The van der Waals surface area contributed by atoms with Crippen molar-refractivity contribution < 1.29 is 0 Å². The zero-order valence-corrected chi connectivity index (χ0v) is 12.7. The number of rotatable bonds is 6. The molecule has 102 valence electrons. The Bertz CT molecular complexity index is 534. The first-order valence-corrected chi connectivity index (χ1v) is 7.68. The van der Waals surface area contributed by atoms with E-state index in [1.165, 1.54) is 21.7 Å². The van der Waals surface area contributed by atoms with Crippen molar-refractivity contribution in [2.75, 3.05) is 6.54 Å². The predicted molar refractivity (Wildman–Crippen MR) is 81.5 cm³/mol. The summed E-state index contributed by atoms with van der Waals surface area (Å²) in [4.78, 5) is 10.3. The molecule has 19 heavy (non-hydrogen) atoms. The van der Waals surface area contributed by atoms with Gasteiger partial charge in [-0.1, -0.05) is 13.8 Å². The average Bonchev–Trinajstić information content (AvgIpc) is 2.83. The standard InChI is InChI=1S/C15H21N3S/c1-4-7-16-10-14-13(5-2)18-15(19-14)12-6-8-17-9-11(12)3/h6,8-9,16H,4-5,7,10H2,1-3H3. The van der Waals surface area contributed by atoms with Crippen LogP contribution in [0.2, 0.25) is 0 Å². The Hall–Kier alpha value is -1.26. The second kappa shape index (κ2) is 6.78. The Morgan fingerprint density at radius 3 is 2.84 bits per heavy atom. The largest absolute Gasteiger partial charge is 0.312 e. The number of nitrogens with zero attached hydrogens (tertiary/aromatic N) is 2. The van der Waals surface area contributed by atoms with Crippen molar-refractivity contribution in [2.45, 2.75) is 40.2 Å². The molecule has 2 rings (SSSR count). The van der Waals surface area contributed by atoms with Crippen molar-refractivity contribution >= 4 is 11.3 Å². The number of nitrogens with one attached hydrogen (secondary N) is 1. The number of hydrogen-bond acceptors (Lipinski definition) is 4. The van der Waals surface area contributed by atoms with Gasteiger partial charge in [-0.2, -0.15) is 0 Å². The first-order valence-electron chi connectivity index (χ1n) is 6.86. The highest BCUT2D eigenvalue weighted by Gasteiger charge is 2.12. The van der Waals surface area contributed by atoms with Crippen LogP contribution in [-0.4, -0.2) is 16.5 Å². The lowest BCUT2D eigenvalue weighted by Crippen LogP contribution is -2.13. The van der Waals surface area contributed by atoms with E-state index in [-0.39, 0.29) is 0 Å². The van der Waals surface area contributed by atoms with Crippen molar-refractivity contribution in [1.82, 2.24) is 15.3 Å². The molecule has 0 saturated heterocycles. The first-order chi connectivity index (χ1) is 9.26. The van der Waals surface area contributed by atoms with Crippen LogP contribution in [0.3, 0.4) is 0 Å². The molecule has 0 amide bonds. The Morgan fingerprint density at radius 1 is 1.32 bits per heavy atom. The normalized spacial score (nSPS) is 10.9. The molecule has 1 N–H and O–H groups in total. The van der Waals surface area contributed by atoms with Crippen molar-refractivity contribution in [2.24, 2.45) is 0 Å². The predicted octanol–water partition coefficient (Wildman–Crippen LogP) is 3.58. The lowest BCUT2D eigenvalue weighted by molar-refractivity contribution is 0.677. The molecule has 0 aromatic carbocycles. The molecular weight excluding hydrogens is 254 g/mol. The molecule has 0 saturated carbocycles. The molecular formula is C15H21N3S. The lowest BCUT2D eigenvalue weighted by Gasteiger charge is -2.01. The van der Waals surface area contributed by atoms with Gasteiger partial charge in [-0.3, -0.25) is 4.98 Å². The van der Waals surface area contributed by atoms with Crippen LogP contribution in [0.1, 0.15) is 36.4 Å². The van der Waals surface area contributed by atoms with Gasteiger partial charge >= 0.3 is 0 Å². The highest BCUT2D eigenvalue weighted by Crippen LogP contribution is 2.30. The number of aryl methyl sites for hydroxylation is 2. The molecule has 0 bridgehead atoms. The van der Waals surface area contributed by atoms with Gasteiger partial charge in [0.1, 0.15) is 5.01 Å². The van der Waals surface area contributed by atoms with Gasteiger partial charge in [0.25, 0.3) is 0 Å². The highest BCUT2D eigenvalue weighted by molar-refractivity contribution is 7.15. The Labute approximate surface area is 119 Å². The van der Waals surface area contributed by atoms with Crippen LogP contribution < -0.4 is 5.32 Å². The van der Waals surface area contributed by atoms with Gasteiger partial charge in [0.05, 0.1) is 5.69 Å². The van der Waals surface area contributed by atoms with Crippen LogP contribution in [0, 0.1) is 6.92 Å². The maximum atomic E-state index is 4.79. The van der Waals surface area contributed by atoms with Crippen LogP contribution in [0.25, 0.3) is 10.6 Å². The lowest BCUT2D eigenvalue weighted by atomic mass is 10.2. The molecule has 0 radical (unpaired) electrons. The number of hydrogen-bond donors (Lipinski definition) is 1. The fourth-order valence-electron chi connectivity index (χ4n) is 2.00. The second-order valence-electron chi connectivity index (χ2n) is 4.61. The molecule has 0 aliphatic rings. The summed E-state index contributed by atoms with van der Waals surface area (Å²) in [6.07, 6.45) is 5.89. The van der Waals surface area contributed by atoms with Gasteiger partial charge in [0, 0.05) is 29.4 Å². The Balaban J connectivity index is 2.25. The molecule has 0 spiro atoms. The van der Waals surface area contributed by atoms with E-state index in [4.69, 9.17) is 4.98 Å². The van der Waals surface area contributed by atoms with Crippen LogP contribution in [0.5, 0.6) is 0 Å². The smallest absolute Gasteiger partial charge is 0.124 e. The molecule has 0 fully saturated rings. The third-order valence-electron chi connectivity index (χ3n) is 3.08.